The number of anilines is 2. The summed E-state index contributed by atoms with van der Waals surface area (Å²) < 4.78 is 11.3. The first-order valence-corrected chi connectivity index (χ1v) is 7.83. The number of carbonyl (C=O) groups is 1. The van der Waals surface area contributed by atoms with Crippen LogP contribution in [0.2, 0.25) is 0 Å². The Labute approximate surface area is 146 Å². The van der Waals surface area contributed by atoms with Gasteiger partial charge in [-0.25, -0.2) is 0 Å². The van der Waals surface area contributed by atoms with Gasteiger partial charge in [-0.1, -0.05) is 12.1 Å². The maximum absolute atomic E-state index is 13.1. The molecule has 4 rings (SSSR count). The van der Waals surface area contributed by atoms with Crippen LogP contribution in [0.5, 0.6) is 11.5 Å². The average molecular weight is 347 g/mol. The third-order valence-electron chi connectivity index (χ3n) is 4.33. The number of fused-ring (bicyclic) bond motifs is 2. The minimum Gasteiger partial charge on any atom is -0.486 e. The van der Waals surface area contributed by atoms with Crippen LogP contribution in [0.3, 0.4) is 0 Å². The fraction of sp³-hybridized carbons (Fsp3) is 0.278. The SMILES string of the molecule is Cl.Nc1cccc2c1CCCN2C(=O)c1cccc2c1OCCO2. The van der Waals surface area contributed by atoms with Crippen LogP contribution in [0.25, 0.3) is 0 Å². The molecule has 2 N–H and O–H groups in total. The first kappa shape index (κ1) is 16.5. The molecule has 2 aromatic rings. The minimum atomic E-state index is -0.0705. The van der Waals surface area contributed by atoms with Gasteiger partial charge in [-0.05, 0) is 42.7 Å². The van der Waals surface area contributed by atoms with Gasteiger partial charge in [0.15, 0.2) is 11.5 Å². The molecule has 0 bridgehead atoms. The van der Waals surface area contributed by atoms with Gasteiger partial charge in [-0.2, -0.15) is 0 Å². The number of rotatable bonds is 1. The summed E-state index contributed by atoms with van der Waals surface area (Å²) in [5, 5.41) is 0. The van der Waals surface area contributed by atoms with Gasteiger partial charge in [0.25, 0.3) is 5.91 Å². The molecule has 0 unspecified atom stereocenters. The Bertz CT molecular complexity index is 779. The Hall–Kier alpha value is -2.40. The van der Waals surface area contributed by atoms with E-state index in [1.54, 1.807) is 11.0 Å². The normalized spacial score (nSPS) is 15.2. The second kappa shape index (κ2) is 6.61. The number of ether oxygens (including phenoxy) is 2. The Morgan fingerprint density at radius 1 is 1.08 bits per heavy atom. The van der Waals surface area contributed by atoms with E-state index in [4.69, 9.17) is 15.2 Å². The van der Waals surface area contributed by atoms with Crippen molar-refractivity contribution >= 4 is 29.7 Å². The Morgan fingerprint density at radius 3 is 2.75 bits per heavy atom. The molecule has 0 spiro atoms. The number of nitrogen functional groups attached to an aromatic ring is 1. The Balaban J connectivity index is 0.00000169. The van der Waals surface area contributed by atoms with E-state index in [1.807, 2.05) is 30.3 Å². The van der Waals surface area contributed by atoms with E-state index >= 15 is 0 Å². The van der Waals surface area contributed by atoms with Crippen LogP contribution in [0.15, 0.2) is 36.4 Å². The smallest absolute Gasteiger partial charge is 0.262 e. The topological polar surface area (TPSA) is 64.8 Å². The summed E-state index contributed by atoms with van der Waals surface area (Å²) in [5.41, 5.74) is 9.30. The summed E-state index contributed by atoms with van der Waals surface area (Å²) in [6.45, 7) is 1.65. The van der Waals surface area contributed by atoms with Crippen molar-refractivity contribution < 1.29 is 14.3 Å². The van der Waals surface area contributed by atoms with Crippen molar-refractivity contribution in [3.05, 3.63) is 47.5 Å². The van der Waals surface area contributed by atoms with Gasteiger partial charge in [0.2, 0.25) is 0 Å². The van der Waals surface area contributed by atoms with E-state index in [0.717, 1.165) is 29.8 Å². The van der Waals surface area contributed by atoms with E-state index in [9.17, 15) is 4.79 Å². The maximum Gasteiger partial charge on any atom is 0.262 e. The second-order valence-electron chi connectivity index (χ2n) is 5.74. The molecule has 0 saturated carbocycles. The van der Waals surface area contributed by atoms with Crippen molar-refractivity contribution in [1.82, 2.24) is 0 Å². The zero-order valence-electron chi connectivity index (χ0n) is 13.2. The molecular formula is C18H19ClN2O3. The van der Waals surface area contributed by atoms with Gasteiger partial charge in [0.05, 0.1) is 5.56 Å². The molecule has 1 amide bonds. The van der Waals surface area contributed by atoms with Crippen LogP contribution < -0.4 is 20.1 Å². The van der Waals surface area contributed by atoms with Gasteiger partial charge < -0.3 is 20.1 Å². The Kier molecular flexibility index (Phi) is 4.53. The van der Waals surface area contributed by atoms with Gasteiger partial charge >= 0.3 is 0 Å². The van der Waals surface area contributed by atoms with E-state index in [0.29, 0.717) is 36.8 Å². The second-order valence-corrected chi connectivity index (χ2v) is 5.74. The molecule has 0 aliphatic carbocycles. The van der Waals surface area contributed by atoms with E-state index in [1.165, 1.54) is 0 Å². The molecule has 126 valence electrons. The van der Waals surface area contributed by atoms with E-state index in [2.05, 4.69) is 0 Å². The molecule has 5 nitrogen and oxygen atoms in total. The number of amides is 1. The highest BCUT2D eigenvalue weighted by atomic mass is 35.5. The number of carbonyl (C=O) groups excluding carboxylic acids is 1. The molecule has 2 aromatic carbocycles. The lowest BCUT2D eigenvalue weighted by atomic mass is 9.99. The highest BCUT2D eigenvalue weighted by Crippen LogP contribution is 2.37. The zero-order chi connectivity index (χ0) is 15.8. The molecule has 2 aliphatic rings. The van der Waals surface area contributed by atoms with Crippen molar-refractivity contribution in [1.29, 1.82) is 0 Å². The third kappa shape index (κ3) is 2.65. The largest absolute Gasteiger partial charge is 0.486 e. The molecule has 6 heteroatoms. The molecule has 0 atom stereocenters. The third-order valence-corrected chi connectivity index (χ3v) is 4.33. The number of nitrogens with two attached hydrogens (primary N) is 1. The number of nitrogens with zero attached hydrogens (tertiary/aromatic N) is 1. The van der Waals surface area contributed by atoms with E-state index in [-0.39, 0.29) is 18.3 Å². The van der Waals surface area contributed by atoms with Crippen LogP contribution in [0.1, 0.15) is 22.3 Å². The standard InChI is InChI=1S/C18H18N2O3.ClH/c19-14-6-2-7-15-12(14)5-3-9-20(15)18(21)13-4-1-8-16-17(13)23-11-10-22-16;/h1-2,4,6-8H,3,5,9-11,19H2;1H. The number of benzene rings is 2. The number of hydrogen-bond acceptors (Lipinski definition) is 4. The number of para-hydroxylation sites is 1. The maximum atomic E-state index is 13.1. The molecular weight excluding hydrogens is 328 g/mol. The van der Waals surface area contributed by atoms with Crippen LogP contribution in [0.4, 0.5) is 11.4 Å². The summed E-state index contributed by atoms with van der Waals surface area (Å²) in [6.07, 6.45) is 1.80. The molecule has 2 heterocycles. The van der Waals surface area contributed by atoms with Crippen molar-refractivity contribution in [2.24, 2.45) is 0 Å². The molecule has 24 heavy (non-hydrogen) atoms. The van der Waals surface area contributed by atoms with Crippen LogP contribution in [-0.2, 0) is 6.42 Å². The summed E-state index contributed by atoms with van der Waals surface area (Å²) in [5.74, 6) is 1.10. The number of hydrogen-bond donors (Lipinski definition) is 1. The lowest BCUT2D eigenvalue weighted by Crippen LogP contribution is -2.36. The van der Waals surface area contributed by atoms with Crippen LogP contribution in [0, 0.1) is 0 Å². The van der Waals surface area contributed by atoms with Gasteiger partial charge in [-0.15, -0.1) is 12.4 Å². The van der Waals surface area contributed by atoms with Gasteiger partial charge in [0.1, 0.15) is 13.2 Å². The lowest BCUT2D eigenvalue weighted by Gasteiger charge is -2.31. The Morgan fingerprint density at radius 2 is 1.88 bits per heavy atom. The highest BCUT2D eigenvalue weighted by Gasteiger charge is 2.28. The number of halogens is 1. The van der Waals surface area contributed by atoms with Crippen LogP contribution in [-0.4, -0.2) is 25.7 Å². The van der Waals surface area contributed by atoms with Gasteiger partial charge in [-0.3, -0.25) is 4.79 Å². The molecule has 0 saturated heterocycles. The highest BCUT2D eigenvalue weighted by molar-refractivity contribution is 6.09. The van der Waals surface area contributed by atoms with Crippen molar-refractivity contribution in [3.63, 3.8) is 0 Å². The van der Waals surface area contributed by atoms with Crippen LogP contribution >= 0.6 is 12.4 Å². The summed E-state index contributed by atoms with van der Waals surface area (Å²) >= 11 is 0. The first-order chi connectivity index (χ1) is 11.3. The lowest BCUT2D eigenvalue weighted by molar-refractivity contribution is 0.0974. The molecule has 2 aliphatic heterocycles. The minimum absolute atomic E-state index is 0. The van der Waals surface area contributed by atoms with Crippen molar-refractivity contribution in [3.8, 4) is 11.5 Å². The van der Waals surface area contributed by atoms with Crippen molar-refractivity contribution in [2.75, 3.05) is 30.4 Å². The molecule has 0 radical (unpaired) electrons. The molecule has 0 fully saturated rings. The average Bonchev–Trinajstić information content (AvgIpc) is 2.60. The fourth-order valence-electron chi connectivity index (χ4n) is 3.25. The summed E-state index contributed by atoms with van der Waals surface area (Å²) in [7, 11) is 0. The predicted octanol–water partition coefficient (Wildman–Crippen LogP) is 3.05. The van der Waals surface area contributed by atoms with Crippen molar-refractivity contribution in [2.45, 2.75) is 12.8 Å². The molecule has 0 aromatic heterocycles. The van der Waals surface area contributed by atoms with E-state index < -0.39 is 0 Å². The predicted molar refractivity (Wildman–Crippen MR) is 95.5 cm³/mol. The summed E-state index contributed by atoms with van der Waals surface area (Å²) in [6, 6.07) is 11.2. The monoisotopic (exact) mass is 346 g/mol. The van der Waals surface area contributed by atoms with Gasteiger partial charge in [0, 0.05) is 17.9 Å². The zero-order valence-corrected chi connectivity index (χ0v) is 14.0. The first-order valence-electron chi connectivity index (χ1n) is 7.83. The fourth-order valence-corrected chi connectivity index (χ4v) is 3.25. The summed E-state index contributed by atoms with van der Waals surface area (Å²) in [4.78, 5) is 14.9. The quantitative estimate of drug-likeness (QED) is 0.806.